The first kappa shape index (κ1) is 11.8. The van der Waals surface area contributed by atoms with Gasteiger partial charge in [-0.1, -0.05) is 30.3 Å². The number of nitrogens with zero attached hydrogens (tertiary/aromatic N) is 1. The average molecular weight is 233 g/mol. The molecule has 2 rings (SSSR count). The molecule has 0 bridgehead atoms. The number of rotatable bonds is 4. The number of piperidine rings is 1. The molecule has 0 radical (unpaired) electrons. The zero-order chi connectivity index (χ0) is 12.1. The number of carbonyl (C=O) groups excluding carboxylic acids is 2. The van der Waals surface area contributed by atoms with E-state index in [0.717, 1.165) is 12.0 Å². The van der Waals surface area contributed by atoms with Crippen LogP contribution in [-0.4, -0.2) is 23.8 Å². The van der Waals surface area contributed by atoms with E-state index >= 15 is 0 Å². The van der Waals surface area contributed by atoms with Crippen molar-refractivity contribution in [2.45, 2.75) is 19.4 Å². The van der Waals surface area contributed by atoms with Crippen LogP contribution in [0.3, 0.4) is 0 Å². The highest BCUT2D eigenvalue weighted by molar-refractivity contribution is 5.91. The Kier molecular flexibility index (Phi) is 3.88. The predicted octanol–water partition coefficient (Wildman–Crippen LogP) is 1.56. The SMILES string of the molecule is O=CC1CCCN(OCc2ccccc2)C1=O. The van der Waals surface area contributed by atoms with E-state index in [4.69, 9.17) is 4.84 Å². The van der Waals surface area contributed by atoms with Gasteiger partial charge in [0.2, 0.25) is 0 Å². The van der Waals surface area contributed by atoms with E-state index in [1.165, 1.54) is 5.06 Å². The number of hydrogen-bond acceptors (Lipinski definition) is 3. The summed E-state index contributed by atoms with van der Waals surface area (Å²) in [5.74, 6) is -0.748. The number of hydroxylamine groups is 2. The first-order valence-electron chi connectivity index (χ1n) is 5.75. The molecule has 0 aliphatic carbocycles. The van der Waals surface area contributed by atoms with Gasteiger partial charge in [0, 0.05) is 6.54 Å². The molecular formula is C13H15NO3. The van der Waals surface area contributed by atoms with Crippen LogP contribution in [0.15, 0.2) is 30.3 Å². The number of hydrogen-bond donors (Lipinski definition) is 0. The van der Waals surface area contributed by atoms with E-state index in [2.05, 4.69) is 0 Å². The Balaban J connectivity index is 1.90. The van der Waals surface area contributed by atoms with E-state index in [-0.39, 0.29) is 5.91 Å². The lowest BCUT2D eigenvalue weighted by Crippen LogP contribution is -2.41. The lowest BCUT2D eigenvalue weighted by atomic mass is 10.0. The summed E-state index contributed by atoms with van der Waals surface area (Å²) < 4.78 is 0. The quantitative estimate of drug-likeness (QED) is 0.585. The van der Waals surface area contributed by atoms with Crippen molar-refractivity contribution in [2.75, 3.05) is 6.54 Å². The van der Waals surface area contributed by atoms with Crippen LogP contribution in [0.1, 0.15) is 18.4 Å². The molecule has 1 heterocycles. The third-order valence-electron chi connectivity index (χ3n) is 2.83. The van der Waals surface area contributed by atoms with Crippen LogP contribution < -0.4 is 0 Å². The molecule has 4 nitrogen and oxygen atoms in total. The summed E-state index contributed by atoms with van der Waals surface area (Å²) in [6.45, 7) is 0.925. The first-order valence-corrected chi connectivity index (χ1v) is 5.75. The van der Waals surface area contributed by atoms with Crippen molar-refractivity contribution in [2.24, 2.45) is 5.92 Å². The Hall–Kier alpha value is -1.68. The normalized spacial score (nSPS) is 20.4. The molecule has 1 aliphatic rings. The van der Waals surface area contributed by atoms with Gasteiger partial charge in [0.15, 0.2) is 0 Å². The molecule has 4 heteroatoms. The molecule has 1 fully saturated rings. The molecular weight excluding hydrogens is 218 g/mol. The zero-order valence-corrected chi connectivity index (χ0v) is 9.54. The van der Waals surface area contributed by atoms with E-state index in [9.17, 15) is 9.59 Å². The van der Waals surface area contributed by atoms with E-state index in [1.54, 1.807) is 0 Å². The van der Waals surface area contributed by atoms with Gasteiger partial charge >= 0.3 is 0 Å². The molecule has 1 aromatic rings. The summed E-state index contributed by atoms with van der Waals surface area (Å²) in [5, 5.41) is 1.32. The van der Waals surface area contributed by atoms with Crippen LogP contribution in [0.5, 0.6) is 0 Å². The molecule has 17 heavy (non-hydrogen) atoms. The van der Waals surface area contributed by atoms with Gasteiger partial charge in [0.1, 0.15) is 12.9 Å². The summed E-state index contributed by atoms with van der Waals surface area (Å²) in [7, 11) is 0. The lowest BCUT2D eigenvalue weighted by molar-refractivity contribution is -0.201. The second kappa shape index (κ2) is 5.59. The first-order chi connectivity index (χ1) is 8.31. The Labute approximate surface area is 100 Å². The maximum absolute atomic E-state index is 11.7. The van der Waals surface area contributed by atoms with Crippen LogP contribution in [0.4, 0.5) is 0 Å². The highest BCUT2D eigenvalue weighted by atomic mass is 16.7. The van der Waals surface area contributed by atoms with Gasteiger partial charge in [-0.3, -0.25) is 9.63 Å². The van der Waals surface area contributed by atoms with Gasteiger partial charge in [-0.15, -0.1) is 0 Å². The van der Waals surface area contributed by atoms with Crippen molar-refractivity contribution in [1.82, 2.24) is 5.06 Å². The molecule has 90 valence electrons. The van der Waals surface area contributed by atoms with Gasteiger partial charge < -0.3 is 4.79 Å². The fraction of sp³-hybridized carbons (Fsp3) is 0.385. The topological polar surface area (TPSA) is 46.6 Å². The maximum atomic E-state index is 11.7. The van der Waals surface area contributed by atoms with Gasteiger partial charge in [0.05, 0.1) is 5.92 Å². The molecule has 0 N–H and O–H groups in total. The molecule has 0 saturated carbocycles. The number of amides is 1. The average Bonchev–Trinajstić information content (AvgIpc) is 2.39. The highest BCUT2D eigenvalue weighted by Gasteiger charge is 2.28. The predicted molar refractivity (Wildman–Crippen MR) is 61.7 cm³/mol. The molecule has 0 spiro atoms. The van der Waals surface area contributed by atoms with E-state index in [0.29, 0.717) is 25.9 Å². The van der Waals surface area contributed by atoms with Crippen LogP contribution in [0, 0.1) is 5.92 Å². The van der Waals surface area contributed by atoms with Crippen molar-refractivity contribution in [3.05, 3.63) is 35.9 Å². The Morgan fingerprint density at radius 2 is 2.12 bits per heavy atom. The smallest absolute Gasteiger partial charge is 0.256 e. The van der Waals surface area contributed by atoms with Gasteiger partial charge in [-0.25, -0.2) is 5.06 Å². The third-order valence-corrected chi connectivity index (χ3v) is 2.83. The molecule has 0 aromatic heterocycles. The lowest BCUT2D eigenvalue weighted by Gasteiger charge is -2.28. The van der Waals surface area contributed by atoms with Crippen molar-refractivity contribution < 1.29 is 14.4 Å². The molecule has 1 amide bonds. The van der Waals surface area contributed by atoms with Gasteiger partial charge in [-0.2, -0.15) is 0 Å². The van der Waals surface area contributed by atoms with Crippen LogP contribution in [-0.2, 0) is 21.0 Å². The number of benzene rings is 1. The summed E-state index contributed by atoms with van der Waals surface area (Å²) in [4.78, 5) is 27.9. The summed E-state index contributed by atoms with van der Waals surface area (Å²) >= 11 is 0. The second-order valence-corrected chi connectivity index (χ2v) is 4.08. The molecule has 1 aliphatic heterocycles. The number of carbonyl (C=O) groups is 2. The van der Waals surface area contributed by atoms with Crippen molar-refractivity contribution >= 4 is 12.2 Å². The summed E-state index contributed by atoms with van der Waals surface area (Å²) in [6, 6.07) is 9.64. The Morgan fingerprint density at radius 3 is 2.82 bits per heavy atom. The minimum absolute atomic E-state index is 0.220. The standard InChI is InChI=1S/C13H15NO3/c15-9-12-7-4-8-14(13(12)16)17-10-11-5-2-1-3-6-11/h1-3,5-6,9,12H,4,7-8,10H2. The molecule has 1 atom stereocenters. The minimum Gasteiger partial charge on any atom is -0.303 e. The maximum Gasteiger partial charge on any atom is 0.256 e. The van der Waals surface area contributed by atoms with Crippen LogP contribution >= 0.6 is 0 Å². The van der Waals surface area contributed by atoms with Crippen LogP contribution in [0.2, 0.25) is 0 Å². The van der Waals surface area contributed by atoms with Gasteiger partial charge in [-0.05, 0) is 18.4 Å². The van der Waals surface area contributed by atoms with Crippen LogP contribution in [0.25, 0.3) is 0 Å². The zero-order valence-electron chi connectivity index (χ0n) is 9.54. The second-order valence-electron chi connectivity index (χ2n) is 4.08. The fourth-order valence-corrected chi connectivity index (χ4v) is 1.85. The Bertz CT molecular complexity index is 391. The molecule has 1 unspecified atom stereocenters. The van der Waals surface area contributed by atoms with Crippen molar-refractivity contribution in [3.63, 3.8) is 0 Å². The molecule has 1 saturated heterocycles. The minimum atomic E-state index is -0.528. The monoisotopic (exact) mass is 233 g/mol. The third kappa shape index (κ3) is 2.91. The fourth-order valence-electron chi connectivity index (χ4n) is 1.85. The Morgan fingerprint density at radius 1 is 1.35 bits per heavy atom. The van der Waals surface area contributed by atoms with E-state index < -0.39 is 5.92 Å². The van der Waals surface area contributed by atoms with Gasteiger partial charge in [0.25, 0.3) is 5.91 Å². The molecule has 1 aromatic carbocycles. The summed E-state index contributed by atoms with van der Waals surface area (Å²) in [6.07, 6.45) is 2.15. The summed E-state index contributed by atoms with van der Waals surface area (Å²) in [5.41, 5.74) is 1.01. The van der Waals surface area contributed by atoms with Crippen molar-refractivity contribution in [1.29, 1.82) is 0 Å². The van der Waals surface area contributed by atoms with E-state index in [1.807, 2.05) is 30.3 Å². The van der Waals surface area contributed by atoms with Crippen molar-refractivity contribution in [3.8, 4) is 0 Å². The largest absolute Gasteiger partial charge is 0.303 e. The highest BCUT2D eigenvalue weighted by Crippen LogP contribution is 2.17. The number of aldehydes is 1.